The number of amides is 2. The number of hydrogen-bond donors (Lipinski definition) is 0. The van der Waals surface area contributed by atoms with Crippen LogP contribution >= 0.6 is 11.6 Å². The molecular formula is C26H23ClN2O2. The molecule has 0 aromatic heterocycles. The van der Waals surface area contributed by atoms with Gasteiger partial charge in [-0.1, -0.05) is 72.3 Å². The van der Waals surface area contributed by atoms with Crippen molar-refractivity contribution in [2.45, 2.75) is 20.4 Å². The average Bonchev–Trinajstić information content (AvgIpc) is 3.04. The molecule has 4 nitrogen and oxygen atoms in total. The van der Waals surface area contributed by atoms with Crippen molar-refractivity contribution in [1.29, 1.82) is 0 Å². The van der Waals surface area contributed by atoms with Crippen LogP contribution in [-0.4, -0.2) is 23.3 Å². The molecule has 1 aliphatic rings. The van der Waals surface area contributed by atoms with Crippen molar-refractivity contribution < 1.29 is 9.59 Å². The van der Waals surface area contributed by atoms with Crippen LogP contribution in [0.3, 0.4) is 0 Å². The summed E-state index contributed by atoms with van der Waals surface area (Å²) in [4.78, 5) is 30.6. The third-order valence-corrected chi connectivity index (χ3v) is 5.71. The molecule has 0 aliphatic carbocycles. The summed E-state index contributed by atoms with van der Waals surface area (Å²) >= 11 is 6.07. The van der Waals surface area contributed by atoms with Gasteiger partial charge in [0, 0.05) is 18.1 Å². The second-order valence-electron chi connectivity index (χ2n) is 7.46. The van der Waals surface area contributed by atoms with Crippen LogP contribution in [0.5, 0.6) is 0 Å². The molecule has 0 spiro atoms. The zero-order valence-electron chi connectivity index (χ0n) is 17.5. The zero-order valence-corrected chi connectivity index (χ0v) is 18.3. The number of imide groups is 1. The smallest absolute Gasteiger partial charge is 0.282 e. The van der Waals surface area contributed by atoms with Crippen molar-refractivity contribution in [1.82, 2.24) is 4.90 Å². The maximum atomic E-state index is 13.7. The van der Waals surface area contributed by atoms with Crippen molar-refractivity contribution in [3.8, 4) is 0 Å². The topological polar surface area (TPSA) is 40.6 Å². The molecule has 0 fully saturated rings. The molecule has 0 N–H and O–H groups in total. The molecule has 0 unspecified atom stereocenters. The second kappa shape index (κ2) is 8.78. The standard InChI is InChI=1S/C26H23ClN2O2/c1-3-28(17-19-10-5-4-6-11-19)24-23(20-13-15-21(27)16-14-20)25(30)29(26(24)31)22-12-8-7-9-18(22)2/h4-16H,3,17H2,1-2H3. The molecule has 0 saturated carbocycles. The quantitative estimate of drug-likeness (QED) is 0.488. The highest BCUT2D eigenvalue weighted by atomic mass is 35.5. The average molecular weight is 431 g/mol. The van der Waals surface area contributed by atoms with Crippen LogP contribution in [0.15, 0.2) is 84.6 Å². The molecule has 0 radical (unpaired) electrons. The van der Waals surface area contributed by atoms with E-state index in [1.807, 2.05) is 67.3 Å². The van der Waals surface area contributed by atoms with Gasteiger partial charge in [-0.2, -0.15) is 0 Å². The maximum Gasteiger partial charge on any atom is 0.282 e. The number of para-hydroxylation sites is 1. The fourth-order valence-corrected chi connectivity index (χ4v) is 4.00. The molecular weight excluding hydrogens is 408 g/mol. The number of aryl methyl sites for hydroxylation is 1. The summed E-state index contributed by atoms with van der Waals surface area (Å²) in [6, 6.07) is 24.4. The number of carbonyl (C=O) groups excluding carboxylic acids is 2. The third kappa shape index (κ3) is 3.99. The first-order chi connectivity index (χ1) is 15.0. The summed E-state index contributed by atoms with van der Waals surface area (Å²) in [6.45, 7) is 5.01. The van der Waals surface area contributed by atoms with E-state index in [2.05, 4.69) is 0 Å². The zero-order chi connectivity index (χ0) is 22.0. The summed E-state index contributed by atoms with van der Waals surface area (Å²) in [5.41, 5.74) is 4.05. The predicted octanol–water partition coefficient (Wildman–Crippen LogP) is 5.46. The minimum atomic E-state index is -0.317. The van der Waals surface area contributed by atoms with Crippen molar-refractivity contribution in [2.24, 2.45) is 0 Å². The molecule has 0 saturated heterocycles. The van der Waals surface area contributed by atoms with E-state index in [1.165, 1.54) is 4.90 Å². The lowest BCUT2D eigenvalue weighted by Gasteiger charge is -2.25. The van der Waals surface area contributed by atoms with Crippen molar-refractivity contribution in [3.05, 3.63) is 106 Å². The van der Waals surface area contributed by atoms with Gasteiger partial charge in [-0.3, -0.25) is 9.59 Å². The summed E-state index contributed by atoms with van der Waals surface area (Å²) in [6.07, 6.45) is 0. The molecule has 5 heteroatoms. The van der Waals surface area contributed by atoms with E-state index in [4.69, 9.17) is 11.6 Å². The Morgan fingerprint density at radius 3 is 2.13 bits per heavy atom. The van der Waals surface area contributed by atoms with E-state index in [1.54, 1.807) is 30.3 Å². The van der Waals surface area contributed by atoms with Crippen LogP contribution in [0.25, 0.3) is 5.57 Å². The molecule has 2 amide bonds. The predicted molar refractivity (Wildman–Crippen MR) is 125 cm³/mol. The first-order valence-corrected chi connectivity index (χ1v) is 10.6. The molecule has 31 heavy (non-hydrogen) atoms. The van der Waals surface area contributed by atoms with Gasteiger partial charge in [0.2, 0.25) is 0 Å². The highest BCUT2D eigenvalue weighted by Crippen LogP contribution is 2.36. The normalized spacial score (nSPS) is 13.8. The Hall–Kier alpha value is -3.37. The highest BCUT2D eigenvalue weighted by molar-refractivity contribution is 6.45. The Balaban J connectivity index is 1.85. The highest BCUT2D eigenvalue weighted by Gasteiger charge is 2.42. The Morgan fingerprint density at radius 2 is 1.48 bits per heavy atom. The summed E-state index contributed by atoms with van der Waals surface area (Å²) < 4.78 is 0. The lowest BCUT2D eigenvalue weighted by Crippen LogP contribution is -2.35. The number of hydrogen-bond acceptors (Lipinski definition) is 3. The SMILES string of the molecule is CCN(Cc1ccccc1)C1=C(c2ccc(Cl)cc2)C(=O)N(c2ccccc2C)C1=O. The lowest BCUT2D eigenvalue weighted by molar-refractivity contribution is -0.120. The fraction of sp³-hybridized carbons (Fsp3) is 0.154. The lowest BCUT2D eigenvalue weighted by atomic mass is 10.0. The van der Waals surface area contributed by atoms with E-state index in [0.29, 0.717) is 40.6 Å². The Labute approximate surface area is 187 Å². The number of halogens is 1. The van der Waals surface area contributed by atoms with E-state index in [9.17, 15) is 9.59 Å². The van der Waals surface area contributed by atoms with Gasteiger partial charge in [-0.15, -0.1) is 0 Å². The summed E-state index contributed by atoms with van der Waals surface area (Å²) in [5.74, 6) is -0.620. The molecule has 156 valence electrons. The number of rotatable bonds is 6. The summed E-state index contributed by atoms with van der Waals surface area (Å²) in [7, 11) is 0. The number of benzene rings is 3. The van der Waals surface area contributed by atoms with Gasteiger partial charge in [0.1, 0.15) is 5.70 Å². The van der Waals surface area contributed by atoms with Crippen LogP contribution in [0.4, 0.5) is 5.69 Å². The maximum absolute atomic E-state index is 13.7. The first-order valence-electron chi connectivity index (χ1n) is 10.2. The summed E-state index contributed by atoms with van der Waals surface area (Å²) in [5, 5.41) is 0.579. The van der Waals surface area contributed by atoms with E-state index >= 15 is 0 Å². The monoisotopic (exact) mass is 430 g/mol. The van der Waals surface area contributed by atoms with Crippen LogP contribution in [0.2, 0.25) is 5.02 Å². The molecule has 4 rings (SSSR count). The molecule has 3 aromatic rings. The van der Waals surface area contributed by atoms with Gasteiger partial charge >= 0.3 is 0 Å². The van der Waals surface area contributed by atoms with Crippen LogP contribution in [-0.2, 0) is 16.1 Å². The minimum Gasteiger partial charge on any atom is -0.362 e. The molecule has 0 bridgehead atoms. The fourth-order valence-electron chi connectivity index (χ4n) is 3.87. The number of likely N-dealkylation sites (N-methyl/N-ethyl adjacent to an activating group) is 1. The van der Waals surface area contributed by atoms with Crippen molar-refractivity contribution in [2.75, 3.05) is 11.4 Å². The first kappa shape index (κ1) is 20.9. The molecule has 1 heterocycles. The minimum absolute atomic E-state index is 0.304. The number of carbonyl (C=O) groups is 2. The van der Waals surface area contributed by atoms with Crippen LogP contribution in [0, 0.1) is 6.92 Å². The van der Waals surface area contributed by atoms with Gasteiger partial charge in [-0.25, -0.2) is 4.90 Å². The molecule has 0 atom stereocenters. The second-order valence-corrected chi connectivity index (χ2v) is 7.90. The van der Waals surface area contributed by atoms with Crippen molar-refractivity contribution >= 4 is 34.7 Å². The largest absolute Gasteiger partial charge is 0.362 e. The van der Waals surface area contributed by atoms with Crippen LogP contribution in [0.1, 0.15) is 23.6 Å². The third-order valence-electron chi connectivity index (χ3n) is 5.46. The Morgan fingerprint density at radius 1 is 0.839 bits per heavy atom. The van der Waals surface area contributed by atoms with E-state index < -0.39 is 0 Å². The van der Waals surface area contributed by atoms with E-state index in [-0.39, 0.29) is 11.8 Å². The van der Waals surface area contributed by atoms with Gasteiger partial charge in [-0.05, 0) is 48.7 Å². The molecule has 1 aliphatic heterocycles. The van der Waals surface area contributed by atoms with Gasteiger partial charge in [0.15, 0.2) is 0 Å². The molecule has 3 aromatic carbocycles. The van der Waals surface area contributed by atoms with Crippen LogP contribution < -0.4 is 4.90 Å². The van der Waals surface area contributed by atoms with E-state index in [0.717, 1.165) is 11.1 Å². The van der Waals surface area contributed by atoms with Crippen molar-refractivity contribution in [3.63, 3.8) is 0 Å². The van der Waals surface area contributed by atoms with Gasteiger partial charge < -0.3 is 4.90 Å². The Kier molecular flexibility index (Phi) is 5.92. The number of anilines is 1. The Bertz CT molecular complexity index is 1150. The number of nitrogens with zero attached hydrogens (tertiary/aromatic N) is 2. The van der Waals surface area contributed by atoms with Gasteiger partial charge in [0.25, 0.3) is 11.8 Å². The van der Waals surface area contributed by atoms with Gasteiger partial charge in [0.05, 0.1) is 11.3 Å².